The second-order valence-corrected chi connectivity index (χ2v) is 6.26. The molecule has 0 aliphatic heterocycles. The molecule has 106 valence electrons. The Morgan fingerprint density at radius 1 is 1.37 bits per heavy atom. The molecule has 0 amide bonds. The third-order valence-electron chi connectivity index (χ3n) is 2.82. The lowest BCUT2D eigenvalue weighted by Gasteiger charge is -2.22. The molecule has 1 unspecified atom stereocenters. The molecule has 0 radical (unpaired) electrons. The number of nitro groups is 1. The monoisotopic (exact) mass is 288 g/mol. The molecule has 19 heavy (non-hydrogen) atoms. The van der Waals surface area contributed by atoms with Crippen LogP contribution in [0.2, 0.25) is 0 Å². The molecule has 0 bridgehead atoms. The van der Waals surface area contributed by atoms with Crippen LogP contribution in [0.4, 0.5) is 5.69 Å². The highest BCUT2D eigenvalue weighted by Crippen LogP contribution is 2.16. The van der Waals surface area contributed by atoms with Crippen LogP contribution in [0.15, 0.2) is 24.3 Å². The van der Waals surface area contributed by atoms with Gasteiger partial charge in [-0.05, 0) is 12.5 Å². The third-order valence-corrected chi connectivity index (χ3v) is 4.76. The average molecular weight is 288 g/mol. The number of benzene rings is 1. The van der Waals surface area contributed by atoms with Gasteiger partial charge < -0.3 is 5.11 Å². The predicted molar refractivity (Wildman–Crippen MR) is 70.0 cm³/mol. The Balaban J connectivity index is 2.86. The zero-order valence-electron chi connectivity index (χ0n) is 10.7. The zero-order chi connectivity index (χ0) is 14.6. The van der Waals surface area contributed by atoms with Crippen molar-refractivity contribution in [2.75, 3.05) is 13.7 Å². The quantitative estimate of drug-likeness (QED) is 0.614. The number of aliphatic hydroxyl groups is 1. The van der Waals surface area contributed by atoms with E-state index in [2.05, 4.69) is 0 Å². The van der Waals surface area contributed by atoms with Gasteiger partial charge in [-0.1, -0.05) is 12.1 Å². The maximum absolute atomic E-state index is 12.0. The normalized spacial score (nSPS) is 13.5. The van der Waals surface area contributed by atoms with E-state index < -0.39 is 21.0 Å². The summed E-state index contributed by atoms with van der Waals surface area (Å²) in [6.45, 7) is 1.32. The lowest BCUT2D eigenvalue weighted by molar-refractivity contribution is -0.384. The highest BCUT2D eigenvalue weighted by atomic mass is 32.2. The van der Waals surface area contributed by atoms with Crippen LogP contribution in [-0.4, -0.2) is 42.4 Å². The first-order chi connectivity index (χ1) is 8.77. The number of hydrogen-bond acceptors (Lipinski definition) is 5. The summed E-state index contributed by atoms with van der Waals surface area (Å²) in [7, 11) is -2.16. The van der Waals surface area contributed by atoms with Gasteiger partial charge in [-0.15, -0.1) is 0 Å². The molecule has 0 aliphatic carbocycles. The van der Waals surface area contributed by atoms with Crippen LogP contribution in [0.5, 0.6) is 0 Å². The molecule has 1 rings (SSSR count). The van der Waals surface area contributed by atoms with Crippen LogP contribution in [-0.2, 0) is 15.8 Å². The minimum absolute atomic E-state index is 0.0850. The molecule has 1 atom stereocenters. The summed E-state index contributed by atoms with van der Waals surface area (Å²) < 4.78 is 25.1. The van der Waals surface area contributed by atoms with E-state index in [0.29, 0.717) is 5.56 Å². The molecule has 0 saturated heterocycles. The summed E-state index contributed by atoms with van der Waals surface area (Å²) in [5, 5.41) is 19.4. The van der Waals surface area contributed by atoms with Crippen molar-refractivity contribution in [2.45, 2.75) is 18.7 Å². The van der Waals surface area contributed by atoms with Crippen molar-refractivity contribution in [2.24, 2.45) is 0 Å². The Kier molecular flexibility index (Phi) is 4.98. The average Bonchev–Trinajstić information content (AvgIpc) is 2.37. The van der Waals surface area contributed by atoms with Gasteiger partial charge in [-0.3, -0.25) is 10.1 Å². The Bertz CT molecular complexity index is 541. The molecular weight excluding hydrogens is 272 g/mol. The van der Waals surface area contributed by atoms with Crippen LogP contribution >= 0.6 is 0 Å². The number of aliphatic hydroxyl groups excluding tert-OH is 1. The van der Waals surface area contributed by atoms with Crippen molar-refractivity contribution in [3.05, 3.63) is 39.9 Å². The third kappa shape index (κ3) is 3.98. The first kappa shape index (κ1) is 15.5. The van der Waals surface area contributed by atoms with Gasteiger partial charge in [-0.2, -0.15) is 4.31 Å². The van der Waals surface area contributed by atoms with E-state index in [1.807, 2.05) is 0 Å². The number of nitrogens with zero attached hydrogens (tertiary/aromatic N) is 2. The number of nitro benzene ring substituents is 1. The van der Waals surface area contributed by atoms with E-state index in [1.54, 1.807) is 6.92 Å². The number of sulfonamides is 1. The van der Waals surface area contributed by atoms with Crippen molar-refractivity contribution in [3.8, 4) is 0 Å². The van der Waals surface area contributed by atoms with Gasteiger partial charge in [0.1, 0.15) is 0 Å². The van der Waals surface area contributed by atoms with Crippen molar-refractivity contribution >= 4 is 15.7 Å². The number of hydrogen-bond donors (Lipinski definition) is 1. The molecule has 0 fully saturated rings. The maximum atomic E-state index is 12.0. The fourth-order valence-corrected chi connectivity index (χ4v) is 2.85. The van der Waals surface area contributed by atoms with E-state index >= 15 is 0 Å². The summed E-state index contributed by atoms with van der Waals surface area (Å²) in [6, 6.07) is 4.84. The largest absolute Gasteiger partial charge is 0.395 e. The first-order valence-electron chi connectivity index (χ1n) is 5.58. The summed E-state index contributed by atoms with van der Waals surface area (Å²) in [6.07, 6.45) is 0. The molecule has 1 aromatic rings. The van der Waals surface area contributed by atoms with Gasteiger partial charge in [0.05, 0.1) is 17.3 Å². The van der Waals surface area contributed by atoms with E-state index in [4.69, 9.17) is 5.11 Å². The zero-order valence-corrected chi connectivity index (χ0v) is 11.5. The molecular formula is C11H16N2O5S. The molecule has 1 aromatic carbocycles. The molecule has 0 aliphatic rings. The number of rotatable bonds is 6. The van der Waals surface area contributed by atoms with Crippen LogP contribution in [0.3, 0.4) is 0 Å². The predicted octanol–water partition coefficient (Wildman–Crippen LogP) is 0.737. The highest BCUT2D eigenvalue weighted by Gasteiger charge is 2.23. The van der Waals surface area contributed by atoms with E-state index in [9.17, 15) is 18.5 Å². The van der Waals surface area contributed by atoms with Crippen LogP contribution < -0.4 is 0 Å². The molecule has 8 heteroatoms. The first-order valence-corrected chi connectivity index (χ1v) is 7.18. The van der Waals surface area contributed by atoms with Gasteiger partial charge in [-0.25, -0.2) is 8.42 Å². The lowest BCUT2D eigenvalue weighted by Crippen LogP contribution is -2.37. The van der Waals surface area contributed by atoms with Crippen molar-refractivity contribution in [3.63, 3.8) is 0 Å². The second kappa shape index (κ2) is 6.09. The lowest BCUT2D eigenvalue weighted by atomic mass is 10.2. The molecule has 7 nitrogen and oxygen atoms in total. The minimum Gasteiger partial charge on any atom is -0.395 e. The Morgan fingerprint density at radius 3 is 2.32 bits per heavy atom. The number of non-ortho nitro benzene ring substituents is 1. The van der Waals surface area contributed by atoms with Crippen LogP contribution in [0.25, 0.3) is 0 Å². The summed E-state index contributed by atoms with van der Waals surface area (Å²) in [5.41, 5.74) is 0.376. The van der Waals surface area contributed by atoms with Crippen molar-refractivity contribution < 1.29 is 18.4 Å². The van der Waals surface area contributed by atoms with Crippen LogP contribution in [0.1, 0.15) is 12.5 Å². The van der Waals surface area contributed by atoms with Gasteiger partial charge >= 0.3 is 0 Å². The second-order valence-electron chi connectivity index (χ2n) is 4.23. The molecule has 0 spiro atoms. The minimum atomic E-state index is -3.55. The summed E-state index contributed by atoms with van der Waals surface area (Å²) in [5.74, 6) is -0.258. The van der Waals surface area contributed by atoms with Gasteiger partial charge in [0.2, 0.25) is 10.0 Å². The van der Waals surface area contributed by atoms with Gasteiger partial charge in [0.15, 0.2) is 0 Å². The van der Waals surface area contributed by atoms with Gasteiger partial charge in [0, 0.05) is 25.2 Å². The fraction of sp³-hybridized carbons (Fsp3) is 0.455. The van der Waals surface area contributed by atoms with E-state index in [-0.39, 0.29) is 18.0 Å². The van der Waals surface area contributed by atoms with Crippen molar-refractivity contribution in [1.82, 2.24) is 4.31 Å². The van der Waals surface area contributed by atoms with Gasteiger partial charge in [0.25, 0.3) is 5.69 Å². The molecule has 0 heterocycles. The van der Waals surface area contributed by atoms with E-state index in [1.165, 1.54) is 31.3 Å². The SMILES string of the molecule is CC(CO)N(C)S(=O)(=O)Cc1ccc([N+](=O)[O-])cc1. The van der Waals surface area contributed by atoms with Crippen molar-refractivity contribution in [1.29, 1.82) is 0 Å². The fourth-order valence-electron chi connectivity index (χ4n) is 1.42. The number of likely N-dealkylation sites (N-methyl/N-ethyl adjacent to an activating group) is 1. The summed E-state index contributed by atoms with van der Waals surface area (Å²) >= 11 is 0. The summed E-state index contributed by atoms with van der Waals surface area (Å²) in [4.78, 5) is 9.94. The maximum Gasteiger partial charge on any atom is 0.269 e. The van der Waals surface area contributed by atoms with Crippen LogP contribution in [0, 0.1) is 10.1 Å². The Morgan fingerprint density at radius 2 is 1.89 bits per heavy atom. The highest BCUT2D eigenvalue weighted by molar-refractivity contribution is 7.88. The Hall–Kier alpha value is -1.51. The molecule has 0 saturated carbocycles. The Labute approximate surface area is 111 Å². The smallest absolute Gasteiger partial charge is 0.269 e. The topological polar surface area (TPSA) is 101 Å². The molecule has 1 N–H and O–H groups in total. The van der Waals surface area contributed by atoms with E-state index in [0.717, 1.165) is 4.31 Å². The standard InChI is InChI=1S/C11H16N2O5S/c1-9(7-14)12(2)19(17,18)8-10-3-5-11(6-4-10)13(15)16/h3-6,9,14H,7-8H2,1-2H3. The molecule has 0 aromatic heterocycles.